The average Bonchev–Trinajstić information content (AvgIpc) is 2.79. The largest absolute Gasteiger partial charge is 0.496 e. The van der Waals surface area contributed by atoms with Gasteiger partial charge in [0.15, 0.2) is 0 Å². The number of para-hydroxylation sites is 1. The third-order valence-electron chi connectivity index (χ3n) is 2.91. The van der Waals surface area contributed by atoms with E-state index in [0.717, 1.165) is 30.7 Å². The lowest BCUT2D eigenvalue weighted by Crippen LogP contribution is -2.35. The molecule has 1 aliphatic rings. The predicted molar refractivity (Wildman–Crippen MR) is 57.5 cm³/mol. The molecule has 15 heavy (non-hydrogen) atoms. The maximum absolute atomic E-state index is 9.32. The minimum Gasteiger partial charge on any atom is -0.496 e. The maximum Gasteiger partial charge on any atom is 0.135 e. The smallest absolute Gasteiger partial charge is 0.135 e. The van der Waals surface area contributed by atoms with Crippen LogP contribution < -0.4 is 10.1 Å². The molecule has 1 heterocycles. The van der Waals surface area contributed by atoms with E-state index in [1.54, 1.807) is 7.11 Å². The predicted octanol–water partition coefficient (Wildman–Crippen LogP) is 1.80. The van der Waals surface area contributed by atoms with E-state index in [1.807, 2.05) is 24.3 Å². The number of methoxy groups -OCH3 is 1. The minimum absolute atomic E-state index is 0.549. The lowest BCUT2D eigenvalue weighted by Gasteiger charge is -2.23. The Morgan fingerprint density at radius 3 is 2.87 bits per heavy atom. The van der Waals surface area contributed by atoms with Gasteiger partial charge in [0.25, 0.3) is 0 Å². The molecule has 0 amide bonds. The normalized spacial score (nSPS) is 24.8. The second kappa shape index (κ2) is 3.92. The number of nitrogens with zero attached hydrogens (tertiary/aromatic N) is 1. The second-order valence-electron chi connectivity index (χ2n) is 3.75. The van der Waals surface area contributed by atoms with Crippen LogP contribution in [0.2, 0.25) is 0 Å². The van der Waals surface area contributed by atoms with E-state index in [4.69, 9.17) is 4.74 Å². The van der Waals surface area contributed by atoms with Gasteiger partial charge in [0, 0.05) is 5.56 Å². The first-order valence-electron chi connectivity index (χ1n) is 5.12. The lowest BCUT2D eigenvalue weighted by molar-refractivity contribution is 0.390. The molecule has 1 N–H and O–H groups in total. The molecule has 0 radical (unpaired) electrons. The highest BCUT2D eigenvalue weighted by atomic mass is 16.5. The highest BCUT2D eigenvalue weighted by Crippen LogP contribution is 2.35. The summed E-state index contributed by atoms with van der Waals surface area (Å²) in [4.78, 5) is 0. The summed E-state index contributed by atoms with van der Waals surface area (Å²) in [6, 6.07) is 10.1. The van der Waals surface area contributed by atoms with E-state index in [-0.39, 0.29) is 0 Å². The molecule has 0 bridgehead atoms. The Morgan fingerprint density at radius 2 is 2.27 bits per heavy atom. The van der Waals surface area contributed by atoms with Crippen molar-refractivity contribution >= 4 is 0 Å². The van der Waals surface area contributed by atoms with Gasteiger partial charge in [-0.25, -0.2) is 0 Å². The van der Waals surface area contributed by atoms with Gasteiger partial charge in [-0.3, -0.25) is 5.32 Å². The van der Waals surface area contributed by atoms with Crippen LogP contribution in [0.4, 0.5) is 0 Å². The molecule has 2 rings (SSSR count). The number of nitriles is 1. The van der Waals surface area contributed by atoms with E-state index in [2.05, 4.69) is 11.4 Å². The lowest BCUT2D eigenvalue weighted by atomic mass is 9.89. The van der Waals surface area contributed by atoms with Crippen LogP contribution in [0.3, 0.4) is 0 Å². The van der Waals surface area contributed by atoms with Crippen LogP contribution >= 0.6 is 0 Å². The fourth-order valence-corrected chi connectivity index (χ4v) is 2.13. The number of rotatable bonds is 2. The number of hydrogen-bond acceptors (Lipinski definition) is 3. The summed E-state index contributed by atoms with van der Waals surface area (Å²) >= 11 is 0. The van der Waals surface area contributed by atoms with Crippen molar-refractivity contribution in [2.45, 2.75) is 18.4 Å². The SMILES string of the molecule is COc1ccccc1C1(C#N)CCCN1. The Hall–Kier alpha value is -1.53. The Labute approximate surface area is 89.7 Å². The molecule has 0 spiro atoms. The van der Waals surface area contributed by atoms with Crippen LogP contribution in [0.1, 0.15) is 18.4 Å². The molecule has 3 nitrogen and oxygen atoms in total. The third kappa shape index (κ3) is 1.57. The zero-order chi connectivity index (χ0) is 10.7. The van der Waals surface area contributed by atoms with Crippen LogP contribution in [-0.4, -0.2) is 13.7 Å². The third-order valence-corrected chi connectivity index (χ3v) is 2.91. The first kappa shape index (κ1) is 10.0. The molecule has 1 unspecified atom stereocenters. The molecule has 0 saturated carbocycles. The van der Waals surface area contributed by atoms with Gasteiger partial charge in [0.2, 0.25) is 0 Å². The van der Waals surface area contributed by atoms with E-state index >= 15 is 0 Å². The number of nitrogens with one attached hydrogen (secondary N) is 1. The summed E-state index contributed by atoms with van der Waals surface area (Å²) in [7, 11) is 1.64. The summed E-state index contributed by atoms with van der Waals surface area (Å²) in [6.07, 6.45) is 1.88. The first-order valence-corrected chi connectivity index (χ1v) is 5.12. The monoisotopic (exact) mass is 202 g/mol. The highest BCUT2D eigenvalue weighted by Gasteiger charge is 2.37. The summed E-state index contributed by atoms with van der Waals surface area (Å²) in [5, 5.41) is 12.6. The topological polar surface area (TPSA) is 45.0 Å². The van der Waals surface area contributed by atoms with Crippen molar-refractivity contribution in [2.75, 3.05) is 13.7 Å². The van der Waals surface area contributed by atoms with Crippen LogP contribution in [0, 0.1) is 11.3 Å². The quantitative estimate of drug-likeness (QED) is 0.795. The van der Waals surface area contributed by atoms with E-state index in [1.165, 1.54) is 0 Å². The van der Waals surface area contributed by atoms with Crippen molar-refractivity contribution in [3.63, 3.8) is 0 Å². The average molecular weight is 202 g/mol. The molecule has 1 atom stereocenters. The molecule has 1 aromatic carbocycles. The van der Waals surface area contributed by atoms with Crippen molar-refractivity contribution in [3.05, 3.63) is 29.8 Å². The van der Waals surface area contributed by atoms with Crippen molar-refractivity contribution in [3.8, 4) is 11.8 Å². The van der Waals surface area contributed by atoms with Crippen molar-refractivity contribution in [1.82, 2.24) is 5.32 Å². The van der Waals surface area contributed by atoms with Gasteiger partial charge < -0.3 is 4.74 Å². The van der Waals surface area contributed by atoms with Gasteiger partial charge in [0.05, 0.1) is 13.2 Å². The van der Waals surface area contributed by atoms with Crippen molar-refractivity contribution < 1.29 is 4.74 Å². The number of benzene rings is 1. The van der Waals surface area contributed by atoms with Gasteiger partial charge in [-0.1, -0.05) is 18.2 Å². The standard InChI is InChI=1S/C12H14N2O/c1-15-11-6-3-2-5-10(11)12(9-13)7-4-8-14-12/h2-3,5-6,14H,4,7-8H2,1H3. The first-order chi connectivity index (χ1) is 7.32. The van der Waals surface area contributed by atoms with Gasteiger partial charge in [-0.2, -0.15) is 5.26 Å². The Bertz CT molecular complexity index is 389. The van der Waals surface area contributed by atoms with Crippen LogP contribution in [0.15, 0.2) is 24.3 Å². The van der Waals surface area contributed by atoms with Gasteiger partial charge in [0.1, 0.15) is 11.3 Å². The Morgan fingerprint density at radius 1 is 1.47 bits per heavy atom. The number of hydrogen-bond donors (Lipinski definition) is 1. The molecule has 0 aliphatic carbocycles. The van der Waals surface area contributed by atoms with Crippen LogP contribution in [0.5, 0.6) is 5.75 Å². The van der Waals surface area contributed by atoms with E-state index in [9.17, 15) is 5.26 Å². The van der Waals surface area contributed by atoms with E-state index in [0.29, 0.717) is 0 Å². The van der Waals surface area contributed by atoms with Gasteiger partial charge >= 0.3 is 0 Å². The fraction of sp³-hybridized carbons (Fsp3) is 0.417. The van der Waals surface area contributed by atoms with E-state index < -0.39 is 5.54 Å². The highest BCUT2D eigenvalue weighted by molar-refractivity contribution is 5.43. The summed E-state index contributed by atoms with van der Waals surface area (Å²) in [5.74, 6) is 0.786. The Kier molecular flexibility index (Phi) is 2.61. The van der Waals surface area contributed by atoms with Gasteiger partial charge in [-0.05, 0) is 25.5 Å². The number of ether oxygens (including phenoxy) is 1. The second-order valence-corrected chi connectivity index (χ2v) is 3.75. The molecule has 1 aliphatic heterocycles. The molecule has 1 fully saturated rings. The van der Waals surface area contributed by atoms with Crippen molar-refractivity contribution in [1.29, 1.82) is 5.26 Å². The summed E-state index contributed by atoms with van der Waals surface area (Å²) < 4.78 is 5.29. The summed E-state index contributed by atoms with van der Waals surface area (Å²) in [6.45, 7) is 0.894. The van der Waals surface area contributed by atoms with Crippen LogP contribution in [0.25, 0.3) is 0 Å². The zero-order valence-corrected chi connectivity index (χ0v) is 8.79. The van der Waals surface area contributed by atoms with Crippen molar-refractivity contribution in [2.24, 2.45) is 0 Å². The maximum atomic E-state index is 9.32. The molecule has 0 aromatic heterocycles. The molecule has 78 valence electrons. The summed E-state index contributed by atoms with van der Waals surface area (Å²) in [5.41, 5.74) is 0.402. The molecular weight excluding hydrogens is 188 g/mol. The molecular formula is C12H14N2O. The van der Waals surface area contributed by atoms with Gasteiger partial charge in [-0.15, -0.1) is 0 Å². The molecule has 1 aromatic rings. The Balaban J connectivity index is 2.47. The fourth-order valence-electron chi connectivity index (χ4n) is 2.13. The van der Waals surface area contributed by atoms with Crippen LogP contribution in [-0.2, 0) is 5.54 Å². The zero-order valence-electron chi connectivity index (χ0n) is 8.79. The minimum atomic E-state index is -0.549. The molecule has 1 saturated heterocycles. The molecule has 3 heteroatoms.